The van der Waals surface area contributed by atoms with Crippen LogP contribution in [0, 0.1) is 17.8 Å². The number of aromatic nitrogens is 2. The summed E-state index contributed by atoms with van der Waals surface area (Å²) in [6.45, 7) is 0. The summed E-state index contributed by atoms with van der Waals surface area (Å²) in [6, 6.07) is 0. The highest BCUT2D eigenvalue weighted by molar-refractivity contribution is 6.32. The quantitative estimate of drug-likeness (QED) is 0.834. The zero-order valence-electron chi connectivity index (χ0n) is 9.90. The second kappa shape index (κ2) is 3.19. The number of nitrogens with zero attached hydrogens (tertiary/aromatic N) is 2. The predicted octanol–water partition coefficient (Wildman–Crippen LogP) is 3.04. The summed E-state index contributed by atoms with van der Waals surface area (Å²) in [6.07, 6.45) is 10.2. The molecule has 0 spiro atoms. The molecule has 4 aliphatic carbocycles. The van der Waals surface area contributed by atoms with Crippen molar-refractivity contribution < 1.29 is 0 Å². The molecule has 1 aromatic rings. The number of nitrogens with two attached hydrogens (primary N) is 1. The zero-order valence-corrected chi connectivity index (χ0v) is 10.7. The van der Waals surface area contributed by atoms with Gasteiger partial charge in [0.15, 0.2) is 5.82 Å². The lowest BCUT2D eigenvalue weighted by molar-refractivity contribution is -0.0492. The molecule has 1 aromatic heterocycles. The van der Waals surface area contributed by atoms with E-state index in [1.165, 1.54) is 38.5 Å². The summed E-state index contributed by atoms with van der Waals surface area (Å²) in [5, 5.41) is 5.07. The molecule has 4 saturated carbocycles. The van der Waals surface area contributed by atoms with Gasteiger partial charge in [0.05, 0.1) is 5.54 Å². The Morgan fingerprint density at radius 3 is 2.12 bits per heavy atom. The van der Waals surface area contributed by atoms with Crippen LogP contribution in [0.4, 0.5) is 5.82 Å². The normalized spacial score (nSPS) is 43.2. The van der Waals surface area contributed by atoms with Gasteiger partial charge in [-0.2, -0.15) is 5.10 Å². The van der Waals surface area contributed by atoms with Gasteiger partial charge in [-0.1, -0.05) is 11.6 Å². The van der Waals surface area contributed by atoms with Crippen molar-refractivity contribution in [3.8, 4) is 0 Å². The lowest BCUT2D eigenvalue weighted by atomic mass is 9.53. The second-order valence-corrected chi connectivity index (χ2v) is 6.86. The van der Waals surface area contributed by atoms with Gasteiger partial charge >= 0.3 is 0 Å². The summed E-state index contributed by atoms with van der Waals surface area (Å²) < 4.78 is 2.11. The molecular formula is C13H18ClN3. The Kier molecular flexibility index (Phi) is 1.92. The molecule has 0 unspecified atom stereocenters. The maximum absolute atomic E-state index is 6.06. The standard InChI is InChI=1S/C13H18ClN3/c14-11-7-17(16-12(11)15)13-4-8-1-9(5-13)3-10(2-8)6-13/h7-10H,1-6H2,(H2,15,16). The van der Waals surface area contributed by atoms with Gasteiger partial charge in [-0.05, 0) is 56.3 Å². The summed E-state index contributed by atoms with van der Waals surface area (Å²) in [7, 11) is 0. The third-order valence-corrected chi connectivity index (χ3v) is 5.48. The Labute approximate surface area is 106 Å². The van der Waals surface area contributed by atoms with Crippen LogP contribution in [0.3, 0.4) is 0 Å². The molecule has 0 aliphatic heterocycles. The predicted molar refractivity (Wildman–Crippen MR) is 67.8 cm³/mol. The highest BCUT2D eigenvalue weighted by atomic mass is 35.5. The first kappa shape index (κ1) is 10.2. The number of halogens is 1. The van der Waals surface area contributed by atoms with Crippen LogP contribution in [0.15, 0.2) is 6.20 Å². The molecule has 0 amide bonds. The Hall–Kier alpha value is -0.700. The number of rotatable bonds is 1. The van der Waals surface area contributed by atoms with Crippen LogP contribution >= 0.6 is 11.6 Å². The molecule has 0 atom stereocenters. The summed E-state index contributed by atoms with van der Waals surface area (Å²) in [5.74, 6) is 3.25. The van der Waals surface area contributed by atoms with Crippen molar-refractivity contribution in [3.63, 3.8) is 0 Å². The van der Waals surface area contributed by atoms with Crippen LogP contribution in [0.1, 0.15) is 38.5 Å². The summed E-state index contributed by atoms with van der Waals surface area (Å²) >= 11 is 6.06. The van der Waals surface area contributed by atoms with Gasteiger partial charge in [0.25, 0.3) is 0 Å². The molecule has 0 aromatic carbocycles. The molecule has 1 heterocycles. The minimum atomic E-state index is 0.246. The van der Waals surface area contributed by atoms with Gasteiger partial charge in [0.2, 0.25) is 0 Å². The first-order valence-electron chi connectivity index (χ1n) is 6.66. The first-order chi connectivity index (χ1) is 8.14. The van der Waals surface area contributed by atoms with Gasteiger partial charge in [-0.15, -0.1) is 0 Å². The van der Waals surface area contributed by atoms with Crippen LogP contribution in [0.5, 0.6) is 0 Å². The van der Waals surface area contributed by atoms with Gasteiger partial charge in [0.1, 0.15) is 5.02 Å². The van der Waals surface area contributed by atoms with Crippen LogP contribution in [0.2, 0.25) is 5.02 Å². The lowest BCUT2D eigenvalue weighted by Crippen LogP contribution is -2.52. The fourth-order valence-corrected chi connectivity index (χ4v) is 5.08. The smallest absolute Gasteiger partial charge is 0.164 e. The van der Waals surface area contributed by atoms with Gasteiger partial charge in [-0.25, -0.2) is 0 Å². The van der Waals surface area contributed by atoms with Crippen molar-refractivity contribution in [1.29, 1.82) is 0 Å². The molecule has 4 fully saturated rings. The molecule has 4 heteroatoms. The molecule has 17 heavy (non-hydrogen) atoms. The van der Waals surface area contributed by atoms with Crippen molar-refractivity contribution in [3.05, 3.63) is 11.2 Å². The molecule has 0 saturated heterocycles. The number of nitrogen functional groups attached to an aromatic ring is 1. The van der Waals surface area contributed by atoms with E-state index in [0.29, 0.717) is 10.8 Å². The van der Waals surface area contributed by atoms with Crippen molar-refractivity contribution in [2.45, 2.75) is 44.1 Å². The fraction of sp³-hybridized carbons (Fsp3) is 0.769. The van der Waals surface area contributed by atoms with Gasteiger partial charge < -0.3 is 5.73 Å². The zero-order chi connectivity index (χ0) is 11.6. The van der Waals surface area contributed by atoms with Crippen molar-refractivity contribution in [2.24, 2.45) is 17.8 Å². The Balaban J connectivity index is 1.77. The molecule has 3 nitrogen and oxygen atoms in total. The van der Waals surface area contributed by atoms with Crippen molar-refractivity contribution in [2.75, 3.05) is 5.73 Å². The van der Waals surface area contributed by atoms with Crippen LogP contribution < -0.4 is 5.73 Å². The highest BCUT2D eigenvalue weighted by Crippen LogP contribution is 2.58. The van der Waals surface area contributed by atoms with E-state index in [1.807, 2.05) is 6.20 Å². The minimum absolute atomic E-state index is 0.246. The van der Waals surface area contributed by atoms with E-state index in [2.05, 4.69) is 9.78 Å². The molecule has 92 valence electrons. The summed E-state index contributed by atoms with van der Waals surface area (Å²) in [5.41, 5.74) is 6.04. The van der Waals surface area contributed by atoms with E-state index in [4.69, 9.17) is 17.3 Å². The Morgan fingerprint density at radius 1 is 1.18 bits per heavy atom. The number of anilines is 1. The fourth-order valence-electron chi connectivity index (χ4n) is 4.95. The maximum atomic E-state index is 6.06. The largest absolute Gasteiger partial charge is 0.381 e. The third kappa shape index (κ3) is 1.38. The molecule has 4 aliphatic rings. The van der Waals surface area contributed by atoms with Crippen LogP contribution in [0.25, 0.3) is 0 Å². The lowest BCUT2D eigenvalue weighted by Gasteiger charge is -2.56. The van der Waals surface area contributed by atoms with Crippen LogP contribution in [-0.2, 0) is 5.54 Å². The summed E-state index contributed by atoms with van der Waals surface area (Å²) in [4.78, 5) is 0. The molecule has 4 bridgehead atoms. The SMILES string of the molecule is Nc1nn(C23CC4CC(CC(C4)C2)C3)cc1Cl. The number of hydrogen-bond donors (Lipinski definition) is 1. The van der Waals surface area contributed by atoms with E-state index < -0.39 is 0 Å². The molecule has 5 rings (SSSR count). The van der Waals surface area contributed by atoms with E-state index in [-0.39, 0.29) is 5.54 Å². The van der Waals surface area contributed by atoms with Crippen LogP contribution in [-0.4, -0.2) is 9.78 Å². The van der Waals surface area contributed by atoms with E-state index in [1.54, 1.807) is 0 Å². The second-order valence-electron chi connectivity index (χ2n) is 6.45. The first-order valence-corrected chi connectivity index (χ1v) is 7.03. The third-order valence-electron chi connectivity index (χ3n) is 5.19. The van der Waals surface area contributed by atoms with E-state index in [9.17, 15) is 0 Å². The van der Waals surface area contributed by atoms with E-state index >= 15 is 0 Å². The van der Waals surface area contributed by atoms with Gasteiger partial charge in [-0.3, -0.25) is 4.68 Å². The average molecular weight is 252 g/mol. The Bertz CT molecular complexity index is 410. The van der Waals surface area contributed by atoms with Crippen molar-refractivity contribution in [1.82, 2.24) is 9.78 Å². The molecule has 0 radical (unpaired) electrons. The number of hydrogen-bond acceptors (Lipinski definition) is 2. The Morgan fingerprint density at radius 2 is 1.71 bits per heavy atom. The maximum Gasteiger partial charge on any atom is 0.164 e. The average Bonchev–Trinajstić information content (AvgIpc) is 2.58. The topological polar surface area (TPSA) is 43.8 Å². The molecular weight excluding hydrogens is 234 g/mol. The van der Waals surface area contributed by atoms with Crippen molar-refractivity contribution >= 4 is 17.4 Å². The van der Waals surface area contributed by atoms with E-state index in [0.717, 1.165) is 17.8 Å². The minimum Gasteiger partial charge on any atom is -0.381 e. The molecule has 2 N–H and O–H groups in total. The highest BCUT2D eigenvalue weighted by Gasteiger charge is 2.52. The monoisotopic (exact) mass is 251 g/mol. The van der Waals surface area contributed by atoms with Gasteiger partial charge in [0, 0.05) is 6.20 Å².